The summed E-state index contributed by atoms with van der Waals surface area (Å²) in [6.45, 7) is 8.75. The number of carbonyl (C=O) groups excluding carboxylic acids is 1. The molecule has 1 aromatic rings. The monoisotopic (exact) mass is 302 g/mol. The van der Waals surface area contributed by atoms with Gasteiger partial charge >= 0.3 is 0 Å². The van der Waals surface area contributed by atoms with Crippen molar-refractivity contribution in [3.05, 3.63) is 35.4 Å². The maximum absolute atomic E-state index is 11.5. The molecule has 120 valence electrons. The number of Topliss-reactive ketones (excluding diaryl/α,β-unsaturated/α-hetero) is 1. The summed E-state index contributed by atoms with van der Waals surface area (Å²) in [6.07, 6.45) is 2.55. The van der Waals surface area contributed by atoms with Gasteiger partial charge in [-0.05, 0) is 37.9 Å². The zero-order chi connectivity index (χ0) is 15.4. The van der Waals surface area contributed by atoms with Gasteiger partial charge in [0.1, 0.15) is 0 Å². The van der Waals surface area contributed by atoms with Crippen LogP contribution in [-0.4, -0.2) is 61.0 Å². The van der Waals surface area contributed by atoms with Gasteiger partial charge in [0, 0.05) is 37.8 Å². The third-order valence-corrected chi connectivity index (χ3v) is 4.78. The fourth-order valence-corrected chi connectivity index (χ4v) is 3.56. The second kappa shape index (κ2) is 7.36. The summed E-state index contributed by atoms with van der Waals surface area (Å²) in [7, 11) is 0. The maximum Gasteiger partial charge on any atom is 0.159 e. The minimum atomic E-state index is 0.145. The maximum atomic E-state index is 11.5. The first kappa shape index (κ1) is 15.7. The number of likely N-dealkylation sites (tertiary alicyclic amines) is 1. The molecule has 1 atom stereocenters. The second-order valence-electron chi connectivity index (χ2n) is 6.44. The Labute approximate surface area is 133 Å². The van der Waals surface area contributed by atoms with Crippen molar-refractivity contribution in [1.29, 1.82) is 0 Å². The molecule has 0 radical (unpaired) electrons. The van der Waals surface area contributed by atoms with Gasteiger partial charge in [-0.3, -0.25) is 14.6 Å². The van der Waals surface area contributed by atoms with Gasteiger partial charge in [0.2, 0.25) is 0 Å². The molecule has 0 amide bonds. The molecule has 2 aliphatic rings. The van der Waals surface area contributed by atoms with E-state index in [0.29, 0.717) is 6.04 Å². The molecule has 0 unspecified atom stereocenters. The highest BCUT2D eigenvalue weighted by atomic mass is 16.5. The minimum absolute atomic E-state index is 0.145. The molecule has 2 fully saturated rings. The number of benzene rings is 1. The number of hydrogen-bond donors (Lipinski definition) is 0. The number of hydrogen-bond acceptors (Lipinski definition) is 4. The Bertz CT molecular complexity index is 512. The standard InChI is InChI=1S/C18H26N2O2/c1-15(21)17-5-2-4-16(12-17)13-19-7-3-6-18(14-19)20-8-10-22-11-9-20/h2,4-5,12,18H,3,6-11,13-14H2,1H3/t18-/m0/s1. The van der Waals surface area contributed by atoms with Crippen molar-refractivity contribution in [1.82, 2.24) is 9.80 Å². The van der Waals surface area contributed by atoms with Gasteiger partial charge in [-0.15, -0.1) is 0 Å². The highest BCUT2D eigenvalue weighted by Crippen LogP contribution is 2.19. The van der Waals surface area contributed by atoms with Crippen LogP contribution in [0.15, 0.2) is 24.3 Å². The van der Waals surface area contributed by atoms with Crippen molar-refractivity contribution in [2.45, 2.75) is 32.4 Å². The van der Waals surface area contributed by atoms with Crippen molar-refractivity contribution >= 4 is 5.78 Å². The summed E-state index contributed by atoms with van der Waals surface area (Å²) in [5.74, 6) is 0.145. The molecule has 2 heterocycles. The number of piperidine rings is 1. The highest BCUT2D eigenvalue weighted by molar-refractivity contribution is 5.94. The Kier molecular flexibility index (Phi) is 5.24. The van der Waals surface area contributed by atoms with Crippen LogP contribution in [0.5, 0.6) is 0 Å². The van der Waals surface area contributed by atoms with Crippen LogP contribution in [-0.2, 0) is 11.3 Å². The molecular formula is C18H26N2O2. The SMILES string of the molecule is CC(=O)c1cccc(CN2CCC[C@H](N3CCOCC3)C2)c1. The molecule has 0 aliphatic carbocycles. The molecule has 4 nitrogen and oxygen atoms in total. The average molecular weight is 302 g/mol. The molecule has 2 aliphatic heterocycles. The van der Waals surface area contributed by atoms with Crippen molar-refractivity contribution in [3.63, 3.8) is 0 Å². The zero-order valence-electron chi connectivity index (χ0n) is 13.5. The summed E-state index contributed by atoms with van der Waals surface area (Å²) < 4.78 is 5.46. The topological polar surface area (TPSA) is 32.8 Å². The number of morpholine rings is 1. The molecule has 1 aromatic carbocycles. The molecule has 2 saturated heterocycles. The molecule has 4 heteroatoms. The van der Waals surface area contributed by atoms with E-state index in [2.05, 4.69) is 15.9 Å². The first-order valence-corrected chi connectivity index (χ1v) is 8.36. The average Bonchev–Trinajstić information content (AvgIpc) is 2.56. The fraction of sp³-hybridized carbons (Fsp3) is 0.611. The first-order valence-electron chi connectivity index (χ1n) is 8.36. The predicted octanol–water partition coefficient (Wildman–Crippen LogP) is 2.19. The number of ether oxygens (including phenoxy) is 1. The lowest BCUT2D eigenvalue weighted by Gasteiger charge is -2.41. The summed E-state index contributed by atoms with van der Waals surface area (Å²) >= 11 is 0. The number of carbonyl (C=O) groups is 1. The summed E-state index contributed by atoms with van der Waals surface area (Å²) in [5, 5.41) is 0. The molecule has 22 heavy (non-hydrogen) atoms. The van der Waals surface area contributed by atoms with Crippen LogP contribution in [0.1, 0.15) is 35.7 Å². The number of nitrogens with zero attached hydrogens (tertiary/aromatic N) is 2. The van der Waals surface area contributed by atoms with Gasteiger partial charge in [0.15, 0.2) is 5.78 Å². The highest BCUT2D eigenvalue weighted by Gasteiger charge is 2.26. The molecule has 0 aromatic heterocycles. The Morgan fingerprint density at radius 1 is 1.27 bits per heavy atom. The minimum Gasteiger partial charge on any atom is -0.379 e. The van der Waals surface area contributed by atoms with Crippen molar-refractivity contribution in [2.75, 3.05) is 39.4 Å². The summed E-state index contributed by atoms with van der Waals surface area (Å²) in [5.41, 5.74) is 2.06. The smallest absolute Gasteiger partial charge is 0.159 e. The molecule has 0 spiro atoms. The van der Waals surface area contributed by atoms with E-state index < -0.39 is 0 Å². The third kappa shape index (κ3) is 3.94. The van der Waals surface area contributed by atoms with E-state index in [4.69, 9.17) is 4.74 Å². The number of rotatable bonds is 4. The molecular weight excluding hydrogens is 276 g/mol. The Hall–Kier alpha value is -1.23. The molecule has 0 N–H and O–H groups in total. The molecule has 3 rings (SSSR count). The van der Waals surface area contributed by atoms with E-state index in [1.54, 1.807) is 6.92 Å². The van der Waals surface area contributed by atoms with Crippen LogP contribution in [0.3, 0.4) is 0 Å². The third-order valence-electron chi connectivity index (χ3n) is 4.78. The van der Waals surface area contributed by atoms with Crippen LogP contribution in [0, 0.1) is 0 Å². The van der Waals surface area contributed by atoms with Gasteiger partial charge in [0.05, 0.1) is 13.2 Å². The predicted molar refractivity (Wildman–Crippen MR) is 87.1 cm³/mol. The molecule has 0 saturated carbocycles. The van der Waals surface area contributed by atoms with Crippen molar-refractivity contribution < 1.29 is 9.53 Å². The van der Waals surface area contributed by atoms with E-state index in [-0.39, 0.29) is 5.78 Å². The lowest BCUT2D eigenvalue weighted by Crippen LogP contribution is -2.51. The van der Waals surface area contributed by atoms with Crippen LogP contribution < -0.4 is 0 Å². The summed E-state index contributed by atoms with van der Waals surface area (Å²) in [6, 6.07) is 8.73. The Morgan fingerprint density at radius 3 is 2.86 bits per heavy atom. The van der Waals surface area contributed by atoms with E-state index in [0.717, 1.165) is 51.5 Å². The van der Waals surface area contributed by atoms with Crippen LogP contribution in [0.25, 0.3) is 0 Å². The van der Waals surface area contributed by atoms with Crippen molar-refractivity contribution in [3.8, 4) is 0 Å². The van der Waals surface area contributed by atoms with Gasteiger partial charge < -0.3 is 4.74 Å². The van der Waals surface area contributed by atoms with Gasteiger partial charge in [0.25, 0.3) is 0 Å². The quantitative estimate of drug-likeness (QED) is 0.798. The van der Waals surface area contributed by atoms with Crippen molar-refractivity contribution in [2.24, 2.45) is 0 Å². The Morgan fingerprint density at radius 2 is 2.09 bits per heavy atom. The van der Waals surface area contributed by atoms with Gasteiger partial charge in [-0.25, -0.2) is 0 Å². The fourth-order valence-electron chi connectivity index (χ4n) is 3.56. The van der Waals surface area contributed by atoms with Gasteiger partial charge in [-0.2, -0.15) is 0 Å². The van der Waals surface area contributed by atoms with Crippen LogP contribution >= 0.6 is 0 Å². The summed E-state index contributed by atoms with van der Waals surface area (Å²) in [4.78, 5) is 16.6. The van der Waals surface area contributed by atoms with E-state index in [9.17, 15) is 4.79 Å². The van der Waals surface area contributed by atoms with Gasteiger partial charge in [-0.1, -0.05) is 18.2 Å². The lowest BCUT2D eigenvalue weighted by atomic mass is 10.0. The van der Waals surface area contributed by atoms with Crippen LogP contribution in [0.2, 0.25) is 0 Å². The molecule has 0 bridgehead atoms. The second-order valence-corrected chi connectivity index (χ2v) is 6.44. The van der Waals surface area contributed by atoms with E-state index >= 15 is 0 Å². The normalized spacial score (nSPS) is 24.3. The lowest BCUT2D eigenvalue weighted by molar-refractivity contribution is -0.00358. The number of ketones is 1. The van der Waals surface area contributed by atoms with E-state index in [1.807, 2.05) is 18.2 Å². The van der Waals surface area contributed by atoms with Crippen LogP contribution in [0.4, 0.5) is 0 Å². The van der Waals surface area contributed by atoms with E-state index in [1.165, 1.54) is 18.4 Å². The first-order chi connectivity index (χ1) is 10.7. The largest absolute Gasteiger partial charge is 0.379 e. The zero-order valence-corrected chi connectivity index (χ0v) is 13.5. The Balaban J connectivity index is 1.60.